The van der Waals surface area contributed by atoms with Gasteiger partial charge in [0.15, 0.2) is 6.23 Å². The largest absolute Gasteiger partial charge is 0.564 e. The molecule has 0 bridgehead atoms. The van der Waals surface area contributed by atoms with Gasteiger partial charge in [0.1, 0.15) is 0 Å². The second kappa shape index (κ2) is 4.62. The molecule has 4 nitrogen and oxygen atoms in total. The van der Waals surface area contributed by atoms with Gasteiger partial charge in [0.05, 0.1) is 0 Å². The van der Waals surface area contributed by atoms with Crippen LogP contribution in [0.25, 0.3) is 0 Å². The molecule has 0 aromatic heterocycles. The van der Waals surface area contributed by atoms with Crippen LogP contribution in [0.3, 0.4) is 0 Å². The maximum atomic E-state index is 12.5. The van der Waals surface area contributed by atoms with Crippen LogP contribution in [0.5, 0.6) is 0 Å². The van der Waals surface area contributed by atoms with Crippen molar-refractivity contribution in [3.63, 3.8) is 0 Å². The van der Waals surface area contributed by atoms with Gasteiger partial charge < -0.3 is 14.7 Å². The van der Waals surface area contributed by atoms with Crippen LogP contribution in [-0.2, 0) is 9.53 Å². The fourth-order valence-corrected chi connectivity index (χ4v) is 3.19. The molecule has 2 fully saturated rings. The molecular weight excluding hydrogens is 509 g/mol. The van der Waals surface area contributed by atoms with Gasteiger partial charge in [-0.2, -0.15) is 6.61 Å². The van der Waals surface area contributed by atoms with Crippen LogP contribution in [0.2, 0.25) is 0 Å². The molecule has 1 aromatic carbocycles. The van der Waals surface area contributed by atoms with E-state index in [9.17, 15) is 9.90 Å². The molecule has 2 aliphatic heterocycles. The number of amides is 1. The molecule has 2 saturated heterocycles. The van der Waals surface area contributed by atoms with E-state index < -0.39 is 11.8 Å². The van der Waals surface area contributed by atoms with Gasteiger partial charge in [-0.25, -0.2) is 0 Å². The van der Waals surface area contributed by atoms with Crippen LogP contribution in [0.15, 0.2) is 30.3 Å². The van der Waals surface area contributed by atoms with Crippen LogP contribution in [0.1, 0.15) is 25.6 Å². The minimum Gasteiger partial charge on any atom is -0.564 e. The number of ether oxygens (including phenoxy) is 1. The third-order valence-electron chi connectivity index (χ3n) is 4.63. The summed E-state index contributed by atoms with van der Waals surface area (Å²) < 4.78 is 5.80. The second-order valence-corrected chi connectivity index (χ2v) is 5.48. The molecule has 20 heavy (non-hydrogen) atoms. The molecule has 0 spiro atoms. The number of hydrogen-bond donors (Lipinski definition) is 1. The SMILES string of the molecule is CC1C(=O)N2C(c3ccccc3)OC[C@@]2([CH-]O)C1C.[Rf]. The van der Waals surface area contributed by atoms with E-state index in [4.69, 9.17) is 4.74 Å². The molecule has 2 heterocycles. The van der Waals surface area contributed by atoms with E-state index in [1.165, 1.54) is 0 Å². The summed E-state index contributed by atoms with van der Waals surface area (Å²) in [6, 6.07) is 9.67. The molecule has 1 amide bonds. The Morgan fingerprint density at radius 3 is 2.60 bits per heavy atom. The van der Waals surface area contributed by atoms with Crippen LogP contribution in [0, 0.1) is 18.4 Å². The molecule has 0 saturated carbocycles. The predicted molar refractivity (Wildman–Crippen MR) is 69.3 cm³/mol. The fourth-order valence-electron chi connectivity index (χ4n) is 3.19. The van der Waals surface area contributed by atoms with E-state index in [2.05, 4.69) is 0 Å². The first kappa shape index (κ1) is 14.0. The number of carbonyl (C=O) groups excluding carboxylic acids is 1. The maximum Gasteiger partial charge on any atom is 0.226 e. The molecule has 104 valence electrons. The van der Waals surface area contributed by atoms with E-state index in [1.54, 1.807) is 4.90 Å². The number of hydrogen-bond acceptors (Lipinski definition) is 3. The quantitative estimate of drug-likeness (QED) is 0.600. The summed E-state index contributed by atoms with van der Waals surface area (Å²) in [6.07, 6.45) is -0.399. The predicted octanol–water partition coefficient (Wildman–Crippen LogP) is 2.10. The molecule has 4 atom stereocenters. The van der Waals surface area contributed by atoms with E-state index in [1.807, 2.05) is 44.2 Å². The zero-order chi connectivity index (χ0) is 13.6. The van der Waals surface area contributed by atoms with E-state index in [0.29, 0.717) is 6.61 Å². The summed E-state index contributed by atoms with van der Waals surface area (Å²) in [4.78, 5) is 14.2. The first-order valence-electron chi connectivity index (χ1n) is 6.60. The van der Waals surface area contributed by atoms with Crippen molar-refractivity contribution in [1.82, 2.24) is 4.90 Å². The van der Waals surface area contributed by atoms with Crippen molar-refractivity contribution in [2.24, 2.45) is 11.8 Å². The molecular formula is C15H18NO3Rf-. The average molecular weight is 527 g/mol. The molecule has 1 N–H and O–H groups in total. The summed E-state index contributed by atoms with van der Waals surface area (Å²) in [7, 11) is 0. The van der Waals surface area contributed by atoms with Gasteiger partial charge in [-0.15, -0.1) is 0 Å². The number of benzene rings is 1. The van der Waals surface area contributed by atoms with Gasteiger partial charge in [-0.3, -0.25) is 4.79 Å². The summed E-state index contributed by atoms with van der Waals surface area (Å²) >= 11 is 0. The Hall–Kier alpha value is -2.39. The molecule has 2 aliphatic rings. The maximum absolute atomic E-state index is 12.5. The van der Waals surface area contributed by atoms with Gasteiger partial charge in [-0.1, -0.05) is 44.2 Å². The smallest absolute Gasteiger partial charge is 0.226 e. The Morgan fingerprint density at radius 2 is 2.00 bits per heavy atom. The average Bonchev–Trinajstić information content (AvgIpc) is 2.93. The monoisotopic (exact) mass is 527 g/mol. The Balaban J connectivity index is 0.00000147. The van der Waals surface area contributed by atoms with Crippen LogP contribution < -0.4 is 0 Å². The van der Waals surface area contributed by atoms with E-state index in [0.717, 1.165) is 12.2 Å². The summed E-state index contributed by atoms with van der Waals surface area (Å²) in [5.74, 6) is -0.0126. The van der Waals surface area contributed by atoms with Crippen molar-refractivity contribution in [2.45, 2.75) is 25.6 Å². The van der Waals surface area contributed by atoms with Gasteiger partial charge >= 0.3 is 0 Å². The number of nitrogens with zero attached hydrogens (tertiary/aromatic N) is 1. The molecule has 3 unspecified atom stereocenters. The zero-order valence-corrected chi connectivity index (χ0v) is 18.2. The number of aliphatic hydroxyl groups is 1. The summed E-state index contributed by atoms with van der Waals surface area (Å²) in [6.45, 7) is 5.40. The van der Waals surface area contributed by atoms with Gasteiger partial charge in [0, 0.05) is 18.1 Å². The van der Waals surface area contributed by atoms with Crippen molar-refractivity contribution in [3.8, 4) is 0 Å². The van der Waals surface area contributed by atoms with Crippen LogP contribution in [-0.4, -0.2) is 28.1 Å². The minimum atomic E-state index is -0.684. The topological polar surface area (TPSA) is 49.8 Å². The second-order valence-electron chi connectivity index (χ2n) is 5.48. The Kier molecular flexibility index (Phi) is 3.24. The minimum absolute atomic E-state index is 0. The number of fused-ring (bicyclic) bond motifs is 1. The van der Waals surface area contributed by atoms with Crippen LogP contribution >= 0.6 is 0 Å². The van der Waals surface area contributed by atoms with Crippen molar-refractivity contribution < 1.29 is 14.6 Å². The zero-order valence-electron chi connectivity index (χ0n) is 11.8. The molecule has 3 rings (SSSR count). The first-order chi connectivity index (χ1) is 9.12. The summed E-state index contributed by atoms with van der Waals surface area (Å²) in [5, 5.41) is 9.70. The van der Waals surface area contributed by atoms with Crippen LogP contribution in [0.4, 0.5) is 0 Å². The molecule has 5 heteroatoms. The normalized spacial score (nSPS) is 35.9. The molecule has 0 radical (unpaired) electrons. The Bertz CT molecular complexity index is 495. The van der Waals surface area contributed by atoms with Crippen molar-refractivity contribution in [2.75, 3.05) is 6.61 Å². The van der Waals surface area contributed by atoms with Gasteiger partial charge in [-0.05, 0) is 11.5 Å². The van der Waals surface area contributed by atoms with E-state index in [-0.39, 0.29) is 17.7 Å². The molecule has 0 aliphatic carbocycles. The number of carbonyl (C=O) groups is 1. The number of aliphatic hydroxyl groups excluding tert-OH is 1. The van der Waals surface area contributed by atoms with E-state index >= 15 is 0 Å². The third-order valence-corrected chi connectivity index (χ3v) is 4.63. The Morgan fingerprint density at radius 1 is 1.35 bits per heavy atom. The van der Waals surface area contributed by atoms with Gasteiger partial charge in [0.2, 0.25) is 5.91 Å². The van der Waals surface area contributed by atoms with Crippen molar-refractivity contribution in [3.05, 3.63) is 42.5 Å². The number of rotatable bonds is 2. The third kappa shape index (κ3) is 1.53. The standard InChI is InChI=1S/C15H18NO3.Rf/c1-10-11(2)15(8-17)9-19-14(16(15)13(10)18)12-6-4-3-5-7-12;/h3-8,10-11,14,17H,9H2,1-2H3;/q-1;/t10?,11?,14?,15-;/m0./s1. The molecule has 1 aromatic rings. The van der Waals surface area contributed by atoms with Crippen molar-refractivity contribution >= 4 is 5.91 Å². The first-order valence-corrected chi connectivity index (χ1v) is 6.60. The van der Waals surface area contributed by atoms with Crippen molar-refractivity contribution in [1.29, 1.82) is 0 Å². The summed E-state index contributed by atoms with van der Waals surface area (Å²) in [5.41, 5.74) is 0.262. The fraction of sp³-hybridized carbons (Fsp3) is 0.467. The Labute approximate surface area is 113 Å². The van der Waals surface area contributed by atoms with Gasteiger partial charge in [0.25, 0.3) is 0 Å².